The number of pyridine rings is 3. The smallest absolute Gasteiger partial charge is 0.0796 e. The van der Waals surface area contributed by atoms with E-state index < -0.39 is 0 Å². The molecule has 3 aromatic heterocycles. The monoisotopic (exact) mass is 385 g/mol. The summed E-state index contributed by atoms with van der Waals surface area (Å²) < 4.78 is 0. The Morgan fingerprint density at radius 3 is 1.95 bits per heavy atom. The van der Waals surface area contributed by atoms with Gasteiger partial charge < -0.3 is 0 Å². The van der Waals surface area contributed by atoms with Gasteiger partial charge in [-0.25, -0.2) is 0 Å². The van der Waals surface area contributed by atoms with Crippen LogP contribution in [0.2, 0.25) is 0 Å². The Kier molecular flexibility index (Phi) is 5.09. The van der Waals surface area contributed by atoms with Gasteiger partial charge in [0.05, 0.1) is 5.69 Å². The third-order valence-electron chi connectivity index (χ3n) is 2.72. The van der Waals surface area contributed by atoms with Crippen molar-refractivity contribution < 1.29 is 40.4 Å². The average molecular weight is 384 g/mol. The van der Waals surface area contributed by atoms with Crippen LogP contribution < -0.4 is 0 Å². The van der Waals surface area contributed by atoms with Crippen molar-refractivity contribution in [2.75, 3.05) is 0 Å². The van der Waals surface area contributed by atoms with E-state index in [1.54, 1.807) is 18.6 Å². The minimum atomic E-state index is 0. The second-order valence-corrected chi connectivity index (χ2v) is 3.88. The molecule has 0 amide bonds. The van der Waals surface area contributed by atoms with Gasteiger partial charge in [0.2, 0.25) is 0 Å². The molecule has 0 saturated heterocycles. The Morgan fingerprint density at radius 1 is 0.684 bits per heavy atom. The molecule has 0 atom stereocenters. The molecule has 19 heavy (non-hydrogen) atoms. The van der Waals surface area contributed by atoms with Crippen LogP contribution in [-0.2, 0) is 0 Å². The Morgan fingerprint density at radius 2 is 1.32 bits per heavy atom. The number of aromatic nitrogens is 3. The van der Waals surface area contributed by atoms with Crippen LogP contribution in [-0.4, -0.2) is 15.0 Å². The molecule has 0 aliphatic heterocycles. The van der Waals surface area contributed by atoms with E-state index in [0.717, 1.165) is 22.4 Å². The zero-order chi connectivity index (χ0) is 12.2. The summed E-state index contributed by atoms with van der Waals surface area (Å²) in [6.45, 7) is 0. The molecule has 0 aromatic carbocycles. The van der Waals surface area contributed by atoms with Gasteiger partial charge in [-0.2, -0.15) is 0 Å². The summed E-state index contributed by atoms with van der Waals surface area (Å²) in [6, 6.07) is 11.9. The Balaban J connectivity index is 0.00000133. The van der Waals surface area contributed by atoms with Crippen LogP contribution in [0.15, 0.2) is 67.4 Å². The van der Waals surface area contributed by atoms with Crippen LogP contribution in [0.1, 0.15) is 0 Å². The fraction of sp³-hybridized carbons (Fsp3) is 0. The summed E-state index contributed by atoms with van der Waals surface area (Å²) in [5.74, 6) is 0. The molecule has 92 valence electrons. The standard InChI is InChI=1S/C15H11N3.Sm/c1-4-12(10-16-7-1)14-6-3-9-18-15(14)13-5-2-8-17-11-13;/h1-11H;. The summed E-state index contributed by atoms with van der Waals surface area (Å²) in [7, 11) is 0. The van der Waals surface area contributed by atoms with Crippen molar-refractivity contribution in [3.63, 3.8) is 0 Å². The first-order valence-electron chi connectivity index (χ1n) is 5.71. The molecule has 0 bridgehead atoms. The molecule has 0 aliphatic rings. The summed E-state index contributed by atoms with van der Waals surface area (Å²) in [4.78, 5) is 12.8. The van der Waals surface area contributed by atoms with Gasteiger partial charge in [0.1, 0.15) is 0 Å². The summed E-state index contributed by atoms with van der Waals surface area (Å²) in [5.41, 5.74) is 4.07. The summed E-state index contributed by atoms with van der Waals surface area (Å²) in [6.07, 6.45) is 8.99. The minimum absolute atomic E-state index is 0. The van der Waals surface area contributed by atoms with Crippen molar-refractivity contribution >= 4 is 0 Å². The van der Waals surface area contributed by atoms with E-state index in [4.69, 9.17) is 0 Å². The second kappa shape index (κ2) is 6.81. The van der Waals surface area contributed by atoms with Gasteiger partial charge in [-0.15, -0.1) is 0 Å². The molecule has 3 heterocycles. The fourth-order valence-corrected chi connectivity index (χ4v) is 1.89. The number of nitrogens with zero attached hydrogens (tertiary/aromatic N) is 3. The molecule has 3 aromatic rings. The first-order chi connectivity index (χ1) is 8.95. The van der Waals surface area contributed by atoms with E-state index in [-0.39, 0.29) is 40.4 Å². The average Bonchev–Trinajstić information content (AvgIpc) is 2.49. The molecule has 0 N–H and O–H groups in total. The summed E-state index contributed by atoms with van der Waals surface area (Å²) in [5, 5.41) is 0. The maximum absolute atomic E-state index is 4.46. The zero-order valence-corrected chi connectivity index (χ0v) is 12.7. The Bertz CT molecular complexity index is 583. The van der Waals surface area contributed by atoms with Crippen LogP contribution in [0, 0.1) is 40.4 Å². The third kappa shape index (κ3) is 3.22. The van der Waals surface area contributed by atoms with Crippen LogP contribution in [0.25, 0.3) is 22.4 Å². The van der Waals surface area contributed by atoms with E-state index in [0.29, 0.717) is 0 Å². The fourth-order valence-electron chi connectivity index (χ4n) is 1.89. The maximum atomic E-state index is 4.46. The molecular weight excluding hydrogens is 373 g/mol. The van der Waals surface area contributed by atoms with Gasteiger partial charge in [-0.05, 0) is 24.3 Å². The summed E-state index contributed by atoms with van der Waals surface area (Å²) >= 11 is 0. The number of rotatable bonds is 2. The van der Waals surface area contributed by atoms with E-state index in [1.807, 2.05) is 48.8 Å². The van der Waals surface area contributed by atoms with E-state index >= 15 is 0 Å². The molecule has 3 rings (SSSR count). The third-order valence-corrected chi connectivity index (χ3v) is 2.72. The van der Waals surface area contributed by atoms with Crippen molar-refractivity contribution in [1.29, 1.82) is 0 Å². The maximum Gasteiger partial charge on any atom is 0.0796 e. The van der Waals surface area contributed by atoms with Gasteiger partial charge >= 0.3 is 0 Å². The van der Waals surface area contributed by atoms with Crippen LogP contribution in [0.5, 0.6) is 0 Å². The van der Waals surface area contributed by atoms with E-state index in [2.05, 4.69) is 15.0 Å². The van der Waals surface area contributed by atoms with E-state index in [9.17, 15) is 0 Å². The quantitative estimate of drug-likeness (QED) is 0.682. The van der Waals surface area contributed by atoms with Crippen molar-refractivity contribution in [2.45, 2.75) is 0 Å². The van der Waals surface area contributed by atoms with Gasteiger partial charge in [0, 0.05) is 88.1 Å². The molecule has 3 nitrogen and oxygen atoms in total. The van der Waals surface area contributed by atoms with Gasteiger partial charge in [-0.3, -0.25) is 15.0 Å². The van der Waals surface area contributed by atoms with Crippen molar-refractivity contribution in [2.24, 2.45) is 0 Å². The molecular formula is C15H11N3Sm. The zero-order valence-electron chi connectivity index (χ0n) is 10.1. The molecule has 0 radical (unpaired) electrons. The van der Waals surface area contributed by atoms with Crippen molar-refractivity contribution in [1.82, 2.24) is 15.0 Å². The molecule has 0 unspecified atom stereocenters. The Hall–Kier alpha value is -1.21. The van der Waals surface area contributed by atoms with Crippen molar-refractivity contribution in [3.8, 4) is 22.4 Å². The minimum Gasteiger partial charge on any atom is -0.264 e. The largest absolute Gasteiger partial charge is 0.264 e. The molecule has 0 aliphatic carbocycles. The van der Waals surface area contributed by atoms with E-state index in [1.165, 1.54) is 0 Å². The Labute approximate surface area is 144 Å². The number of hydrogen-bond donors (Lipinski definition) is 0. The SMILES string of the molecule is [Sm].c1cncc(-c2cccnc2-c2cccnc2)c1. The van der Waals surface area contributed by atoms with Crippen LogP contribution >= 0.6 is 0 Å². The van der Waals surface area contributed by atoms with Crippen LogP contribution in [0.3, 0.4) is 0 Å². The van der Waals surface area contributed by atoms with Crippen molar-refractivity contribution in [3.05, 3.63) is 67.4 Å². The first-order valence-corrected chi connectivity index (χ1v) is 5.71. The molecule has 0 fully saturated rings. The van der Waals surface area contributed by atoms with Gasteiger partial charge in [0.25, 0.3) is 0 Å². The molecule has 0 spiro atoms. The topological polar surface area (TPSA) is 38.7 Å². The normalized spacial score (nSPS) is 9.68. The second-order valence-electron chi connectivity index (χ2n) is 3.88. The molecule has 4 heteroatoms. The molecule has 0 saturated carbocycles. The first kappa shape index (κ1) is 14.2. The number of hydrogen-bond acceptors (Lipinski definition) is 3. The van der Waals surface area contributed by atoms with Gasteiger partial charge in [-0.1, -0.05) is 12.1 Å². The predicted molar refractivity (Wildman–Crippen MR) is 70.7 cm³/mol. The van der Waals surface area contributed by atoms with Gasteiger partial charge in [0.15, 0.2) is 0 Å². The van der Waals surface area contributed by atoms with Crippen LogP contribution in [0.4, 0.5) is 0 Å². The predicted octanol–water partition coefficient (Wildman–Crippen LogP) is 3.21.